The number of amides is 1. The van der Waals surface area contributed by atoms with Crippen LogP contribution in [0.5, 0.6) is 5.75 Å². The molecule has 0 saturated carbocycles. The third kappa shape index (κ3) is 3.96. The fraction of sp³-hybridized carbons (Fsp3) is 0.240. The number of hydrogen-bond acceptors (Lipinski definition) is 3. The van der Waals surface area contributed by atoms with E-state index in [-0.39, 0.29) is 11.8 Å². The van der Waals surface area contributed by atoms with Gasteiger partial charge in [-0.2, -0.15) is 0 Å². The highest BCUT2D eigenvalue weighted by Gasteiger charge is 2.24. The largest absolute Gasteiger partial charge is 0.496 e. The molecule has 0 unspecified atom stereocenters. The molecule has 1 amide bonds. The summed E-state index contributed by atoms with van der Waals surface area (Å²) in [6.07, 6.45) is 4.89. The van der Waals surface area contributed by atoms with E-state index in [0.29, 0.717) is 13.0 Å². The minimum absolute atomic E-state index is 0.0386. The number of methoxy groups -OCH3 is 1. The molecule has 154 valence electrons. The van der Waals surface area contributed by atoms with E-state index in [9.17, 15) is 4.79 Å². The number of aromatic nitrogens is 1. The molecule has 5 nitrogen and oxygen atoms in total. The number of aryl methyl sites for hydroxylation is 1. The molecule has 2 N–H and O–H groups in total. The second-order valence-electron chi connectivity index (χ2n) is 7.29. The molecule has 0 aliphatic carbocycles. The van der Waals surface area contributed by atoms with Crippen LogP contribution in [-0.4, -0.2) is 18.0 Å². The molecule has 2 heterocycles. The first-order valence-electron chi connectivity index (χ1n) is 10.2. The summed E-state index contributed by atoms with van der Waals surface area (Å²) in [4.78, 5) is 16.3. The van der Waals surface area contributed by atoms with Crippen molar-refractivity contribution in [3.05, 3.63) is 89.5 Å². The van der Waals surface area contributed by atoms with Crippen LogP contribution in [0.1, 0.15) is 41.7 Å². The van der Waals surface area contributed by atoms with Gasteiger partial charge in [-0.1, -0.05) is 43.3 Å². The van der Waals surface area contributed by atoms with Gasteiger partial charge in [-0.25, -0.2) is 0 Å². The molecule has 0 radical (unpaired) electrons. The number of fused-ring (bicyclic) bond motifs is 1. The van der Waals surface area contributed by atoms with E-state index in [0.717, 1.165) is 40.0 Å². The molecule has 0 spiro atoms. The minimum Gasteiger partial charge on any atom is -0.496 e. The molecule has 0 saturated heterocycles. The lowest BCUT2D eigenvalue weighted by atomic mass is 9.87. The smallest absolute Gasteiger partial charge is 0.221 e. The summed E-state index contributed by atoms with van der Waals surface area (Å²) in [7, 11) is 1.66. The summed E-state index contributed by atoms with van der Waals surface area (Å²) in [5.74, 6) is 1.33. The maximum Gasteiger partial charge on any atom is 0.221 e. The predicted molar refractivity (Wildman–Crippen MR) is 118 cm³/mol. The van der Waals surface area contributed by atoms with Gasteiger partial charge in [0, 0.05) is 35.0 Å². The summed E-state index contributed by atoms with van der Waals surface area (Å²) in [6, 6.07) is 17.9. The summed E-state index contributed by atoms with van der Waals surface area (Å²) in [5.41, 5.74) is 4.49. The molecule has 0 aliphatic rings. The normalized spacial score (nSPS) is 12.1. The lowest BCUT2D eigenvalue weighted by Gasteiger charge is -2.20. The quantitative estimate of drug-likeness (QED) is 0.427. The lowest BCUT2D eigenvalue weighted by molar-refractivity contribution is -0.121. The van der Waals surface area contributed by atoms with Gasteiger partial charge in [0.2, 0.25) is 5.91 Å². The summed E-state index contributed by atoms with van der Waals surface area (Å²) in [5, 5.41) is 4.11. The van der Waals surface area contributed by atoms with Crippen LogP contribution in [0.25, 0.3) is 10.9 Å². The second kappa shape index (κ2) is 8.91. The second-order valence-corrected chi connectivity index (χ2v) is 7.29. The van der Waals surface area contributed by atoms with Crippen LogP contribution in [0.15, 0.2) is 71.5 Å². The molecular weight excluding hydrogens is 376 g/mol. The van der Waals surface area contributed by atoms with Gasteiger partial charge in [0.25, 0.3) is 0 Å². The van der Waals surface area contributed by atoms with Crippen LogP contribution < -0.4 is 10.1 Å². The highest BCUT2D eigenvalue weighted by molar-refractivity contribution is 5.88. The predicted octanol–water partition coefficient (Wildman–Crippen LogP) is 5.17. The number of nitrogens with one attached hydrogen (secondary N) is 2. The van der Waals surface area contributed by atoms with Crippen molar-refractivity contribution in [1.82, 2.24) is 10.3 Å². The van der Waals surface area contributed by atoms with Gasteiger partial charge in [-0.15, -0.1) is 0 Å². The van der Waals surface area contributed by atoms with E-state index in [1.165, 1.54) is 5.56 Å². The van der Waals surface area contributed by atoms with E-state index < -0.39 is 0 Å². The van der Waals surface area contributed by atoms with Crippen molar-refractivity contribution in [2.75, 3.05) is 7.11 Å². The minimum atomic E-state index is -0.140. The summed E-state index contributed by atoms with van der Waals surface area (Å²) in [6.45, 7) is 2.52. The topological polar surface area (TPSA) is 67.3 Å². The molecule has 4 rings (SSSR count). The van der Waals surface area contributed by atoms with Gasteiger partial charge >= 0.3 is 0 Å². The number of carbonyl (C=O) groups excluding carboxylic acids is 1. The van der Waals surface area contributed by atoms with E-state index in [1.54, 1.807) is 13.4 Å². The van der Waals surface area contributed by atoms with Crippen molar-refractivity contribution in [2.45, 2.75) is 32.2 Å². The molecule has 0 bridgehead atoms. The molecular formula is C25H26N2O3. The molecule has 5 heteroatoms. The zero-order valence-corrected chi connectivity index (χ0v) is 17.3. The summed E-state index contributed by atoms with van der Waals surface area (Å²) < 4.78 is 11.0. The molecule has 4 aromatic rings. The number of rotatable bonds is 8. The number of ether oxygens (including phenoxy) is 1. The number of H-pyrrole nitrogens is 1. The van der Waals surface area contributed by atoms with Crippen LogP contribution in [0.2, 0.25) is 0 Å². The van der Waals surface area contributed by atoms with E-state index in [2.05, 4.69) is 35.4 Å². The Morgan fingerprint density at radius 2 is 1.97 bits per heavy atom. The SMILES string of the molecule is CCc1cccc2c([C@@H](CC(=O)NCc3ccco3)c3ccccc3OC)c[nH]c12. The highest BCUT2D eigenvalue weighted by atomic mass is 16.5. The van der Waals surface area contributed by atoms with Crippen LogP contribution >= 0.6 is 0 Å². The molecule has 2 aromatic heterocycles. The van der Waals surface area contributed by atoms with Crippen molar-refractivity contribution in [2.24, 2.45) is 0 Å². The third-order valence-corrected chi connectivity index (χ3v) is 5.53. The van der Waals surface area contributed by atoms with E-state index in [1.807, 2.05) is 42.6 Å². The van der Waals surface area contributed by atoms with Crippen molar-refractivity contribution in [3.8, 4) is 5.75 Å². The molecule has 0 aliphatic heterocycles. The Bertz CT molecular complexity index is 1130. The van der Waals surface area contributed by atoms with E-state index >= 15 is 0 Å². The standard InChI is InChI=1S/C25H26N2O3/c1-3-17-8-6-11-20-22(16-27-25(17)20)21(19-10-4-5-12-23(19)29-2)14-24(28)26-15-18-9-7-13-30-18/h4-13,16,21,27H,3,14-15H2,1-2H3,(H,26,28)/t21-/m0/s1. The lowest BCUT2D eigenvalue weighted by Crippen LogP contribution is -2.25. The maximum atomic E-state index is 12.9. The van der Waals surface area contributed by atoms with Gasteiger partial charge in [0.15, 0.2) is 0 Å². The number of benzene rings is 2. The van der Waals surface area contributed by atoms with Crippen LogP contribution in [0, 0.1) is 0 Å². The van der Waals surface area contributed by atoms with Gasteiger partial charge in [-0.05, 0) is 35.7 Å². The third-order valence-electron chi connectivity index (χ3n) is 5.53. The number of carbonyl (C=O) groups is 1. The van der Waals surface area contributed by atoms with Crippen molar-refractivity contribution in [1.29, 1.82) is 0 Å². The van der Waals surface area contributed by atoms with Crippen LogP contribution in [0.4, 0.5) is 0 Å². The van der Waals surface area contributed by atoms with Crippen molar-refractivity contribution >= 4 is 16.8 Å². The number of furan rings is 1. The molecule has 2 aromatic carbocycles. The molecule has 30 heavy (non-hydrogen) atoms. The first kappa shape index (κ1) is 19.8. The Hall–Kier alpha value is -3.47. The van der Waals surface area contributed by atoms with Gasteiger partial charge in [0.1, 0.15) is 11.5 Å². The van der Waals surface area contributed by atoms with Gasteiger partial charge in [-0.3, -0.25) is 4.79 Å². The highest BCUT2D eigenvalue weighted by Crippen LogP contribution is 2.38. The Labute approximate surface area is 176 Å². The first-order chi connectivity index (χ1) is 14.7. The zero-order chi connectivity index (χ0) is 20.9. The Kier molecular flexibility index (Phi) is 5.89. The molecule has 1 atom stereocenters. The van der Waals surface area contributed by atoms with Crippen LogP contribution in [-0.2, 0) is 17.8 Å². The zero-order valence-electron chi connectivity index (χ0n) is 17.3. The number of hydrogen-bond donors (Lipinski definition) is 2. The average Bonchev–Trinajstić information content (AvgIpc) is 3.46. The summed E-state index contributed by atoms with van der Waals surface area (Å²) >= 11 is 0. The monoisotopic (exact) mass is 402 g/mol. The number of para-hydroxylation sites is 2. The number of aromatic amines is 1. The maximum absolute atomic E-state index is 12.9. The molecule has 0 fully saturated rings. The fourth-order valence-corrected chi connectivity index (χ4v) is 4.02. The van der Waals surface area contributed by atoms with Gasteiger partial charge < -0.3 is 19.5 Å². The first-order valence-corrected chi connectivity index (χ1v) is 10.2. The Morgan fingerprint density at radius 3 is 2.73 bits per heavy atom. The van der Waals surface area contributed by atoms with Crippen molar-refractivity contribution < 1.29 is 13.9 Å². The Morgan fingerprint density at radius 1 is 1.10 bits per heavy atom. The van der Waals surface area contributed by atoms with Crippen LogP contribution in [0.3, 0.4) is 0 Å². The van der Waals surface area contributed by atoms with Crippen molar-refractivity contribution in [3.63, 3.8) is 0 Å². The fourth-order valence-electron chi connectivity index (χ4n) is 4.02. The van der Waals surface area contributed by atoms with E-state index in [4.69, 9.17) is 9.15 Å². The van der Waals surface area contributed by atoms with Gasteiger partial charge in [0.05, 0.1) is 19.9 Å². The Balaban J connectivity index is 1.70. The average molecular weight is 402 g/mol.